The first-order valence-electron chi connectivity index (χ1n) is 10.2. The maximum Gasteiger partial charge on any atom is 0.238 e. The van der Waals surface area contributed by atoms with Crippen molar-refractivity contribution in [2.45, 2.75) is 18.1 Å². The summed E-state index contributed by atoms with van der Waals surface area (Å²) in [6, 6.07) is 28.8. The zero-order chi connectivity index (χ0) is 21.5. The van der Waals surface area contributed by atoms with Crippen LogP contribution in [0, 0.1) is 0 Å². The number of carbonyl (C=O) groups is 2. The Balaban J connectivity index is 1.54. The third kappa shape index (κ3) is 5.61. The largest absolute Gasteiger partial charge is 0.325 e. The first kappa shape index (κ1) is 20.9. The molecule has 6 heteroatoms. The third-order valence-corrected chi connectivity index (χ3v) is 6.11. The van der Waals surface area contributed by atoms with E-state index in [1.54, 1.807) is 4.90 Å². The van der Waals surface area contributed by atoms with Gasteiger partial charge < -0.3 is 5.32 Å². The van der Waals surface area contributed by atoms with Crippen molar-refractivity contribution < 1.29 is 9.59 Å². The van der Waals surface area contributed by atoms with Crippen LogP contribution in [0.1, 0.15) is 12.0 Å². The lowest BCUT2D eigenvalue weighted by Gasteiger charge is -2.32. The van der Waals surface area contributed by atoms with E-state index in [0.717, 1.165) is 17.7 Å². The molecule has 1 heterocycles. The number of rotatable bonds is 6. The van der Waals surface area contributed by atoms with Crippen LogP contribution in [-0.4, -0.2) is 33.7 Å². The predicted molar refractivity (Wildman–Crippen MR) is 126 cm³/mol. The standard InChI is InChI=1S/C25H23N3O2S/c29-23-18-22(24(30)26-20-12-6-2-7-13-20)31-25(27-21-14-8-3-9-15-21)28(23)17-16-19-10-4-1-5-11-19/h1-15,22H,16-18H2,(H,26,30)/t22-/m0/s1. The van der Waals surface area contributed by atoms with Crippen molar-refractivity contribution in [2.75, 3.05) is 11.9 Å². The molecule has 0 aliphatic carbocycles. The minimum absolute atomic E-state index is 0.0856. The van der Waals surface area contributed by atoms with Gasteiger partial charge in [0.1, 0.15) is 5.25 Å². The Hall–Kier alpha value is -3.38. The zero-order valence-electron chi connectivity index (χ0n) is 17.0. The van der Waals surface area contributed by atoms with E-state index in [-0.39, 0.29) is 18.2 Å². The monoisotopic (exact) mass is 429 g/mol. The maximum absolute atomic E-state index is 13.0. The summed E-state index contributed by atoms with van der Waals surface area (Å²) >= 11 is 1.34. The number of para-hydroxylation sites is 2. The number of amides is 2. The van der Waals surface area contributed by atoms with Gasteiger partial charge in [-0.15, -0.1) is 0 Å². The lowest BCUT2D eigenvalue weighted by Crippen LogP contribution is -2.46. The minimum Gasteiger partial charge on any atom is -0.325 e. The molecule has 0 aromatic heterocycles. The summed E-state index contributed by atoms with van der Waals surface area (Å²) in [5, 5.41) is 2.94. The van der Waals surface area contributed by atoms with E-state index < -0.39 is 5.25 Å². The van der Waals surface area contributed by atoms with Crippen LogP contribution in [0.15, 0.2) is 96.0 Å². The first-order valence-corrected chi connectivity index (χ1v) is 11.1. The predicted octanol–water partition coefficient (Wildman–Crippen LogP) is 4.89. The molecule has 1 fully saturated rings. The number of nitrogens with zero attached hydrogens (tertiary/aromatic N) is 2. The molecule has 31 heavy (non-hydrogen) atoms. The Morgan fingerprint density at radius 1 is 0.935 bits per heavy atom. The molecule has 1 saturated heterocycles. The summed E-state index contributed by atoms with van der Waals surface area (Å²) in [5.41, 5.74) is 2.63. The van der Waals surface area contributed by atoms with Crippen molar-refractivity contribution in [1.29, 1.82) is 0 Å². The fraction of sp³-hybridized carbons (Fsp3) is 0.160. The molecule has 1 aliphatic heterocycles. The highest BCUT2D eigenvalue weighted by Crippen LogP contribution is 2.30. The minimum atomic E-state index is -0.525. The second-order valence-corrected chi connectivity index (χ2v) is 8.35. The van der Waals surface area contributed by atoms with Gasteiger partial charge in [0.2, 0.25) is 11.8 Å². The third-order valence-electron chi connectivity index (χ3n) is 4.92. The van der Waals surface area contributed by atoms with E-state index in [1.807, 2.05) is 91.0 Å². The number of anilines is 1. The van der Waals surface area contributed by atoms with Gasteiger partial charge in [0, 0.05) is 18.7 Å². The van der Waals surface area contributed by atoms with Gasteiger partial charge in [0.25, 0.3) is 0 Å². The Labute approximate surface area is 186 Å². The van der Waals surface area contributed by atoms with E-state index in [9.17, 15) is 9.59 Å². The van der Waals surface area contributed by atoms with Crippen LogP contribution in [0.3, 0.4) is 0 Å². The SMILES string of the molecule is O=C(Nc1ccccc1)[C@@H]1CC(=O)N(CCc2ccccc2)C(=Nc2ccccc2)S1. The first-order chi connectivity index (χ1) is 15.2. The molecule has 0 unspecified atom stereocenters. The van der Waals surface area contributed by atoms with Crippen molar-refractivity contribution in [3.63, 3.8) is 0 Å². The van der Waals surface area contributed by atoms with Crippen molar-refractivity contribution >= 4 is 40.1 Å². The number of thioether (sulfide) groups is 1. The number of aliphatic imine (C=N–C) groups is 1. The van der Waals surface area contributed by atoms with Gasteiger partial charge in [-0.1, -0.05) is 78.5 Å². The van der Waals surface area contributed by atoms with Crippen LogP contribution in [0.4, 0.5) is 11.4 Å². The molecule has 156 valence electrons. The quantitative estimate of drug-likeness (QED) is 0.607. The molecule has 4 rings (SSSR count). The lowest BCUT2D eigenvalue weighted by atomic mass is 10.1. The Morgan fingerprint density at radius 3 is 2.23 bits per heavy atom. The molecule has 3 aromatic rings. The van der Waals surface area contributed by atoms with Gasteiger partial charge in [-0.05, 0) is 36.2 Å². The number of hydrogen-bond donors (Lipinski definition) is 1. The van der Waals surface area contributed by atoms with Gasteiger partial charge >= 0.3 is 0 Å². The van der Waals surface area contributed by atoms with Crippen molar-refractivity contribution in [3.05, 3.63) is 96.6 Å². The van der Waals surface area contributed by atoms with Gasteiger partial charge in [-0.3, -0.25) is 14.5 Å². The molecule has 0 saturated carbocycles. The second kappa shape index (κ2) is 10.1. The molecular formula is C25H23N3O2S. The summed E-state index contributed by atoms with van der Waals surface area (Å²) in [5.74, 6) is -0.273. The number of nitrogens with one attached hydrogen (secondary N) is 1. The summed E-state index contributed by atoms with van der Waals surface area (Å²) in [7, 11) is 0. The molecule has 3 aromatic carbocycles. The van der Waals surface area contributed by atoms with Crippen molar-refractivity contribution in [1.82, 2.24) is 4.90 Å². The molecule has 1 atom stereocenters. The van der Waals surface area contributed by atoms with E-state index >= 15 is 0 Å². The van der Waals surface area contributed by atoms with Crippen LogP contribution in [0.25, 0.3) is 0 Å². The average Bonchev–Trinajstić information content (AvgIpc) is 2.80. The van der Waals surface area contributed by atoms with E-state index in [2.05, 4.69) is 5.32 Å². The highest BCUT2D eigenvalue weighted by atomic mass is 32.2. The maximum atomic E-state index is 13.0. The van der Waals surface area contributed by atoms with Crippen LogP contribution in [0.2, 0.25) is 0 Å². The average molecular weight is 430 g/mol. The van der Waals surface area contributed by atoms with E-state index in [0.29, 0.717) is 17.4 Å². The molecule has 1 N–H and O–H groups in total. The fourth-order valence-electron chi connectivity index (χ4n) is 3.30. The van der Waals surface area contributed by atoms with Gasteiger partial charge in [-0.2, -0.15) is 0 Å². The summed E-state index contributed by atoms with van der Waals surface area (Å²) in [4.78, 5) is 32.3. The molecule has 0 radical (unpaired) electrons. The Kier molecular flexibility index (Phi) is 6.79. The van der Waals surface area contributed by atoms with Gasteiger partial charge in [-0.25, -0.2) is 4.99 Å². The molecule has 1 aliphatic rings. The normalized spacial score (nSPS) is 17.5. The van der Waals surface area contributed by atoms with Gasteiger partial charge in [0.15, 0.2) is 5.17 Å². The van der Waals surface area contributed by atoms with Crippen LogP contribution >= 0.6 is 11.8 Å². The highest BCUT2D eigenvalue weighted by molar-refractivity contribution is 8.15. The van der Waals surface area contributed by atoms with Crippen molar-refractivity contribution in [3.8, 4) is 0 Å². The number of carbonyl (C=O) groups excluding carboxylic acids is 2. The van der Waals surface area contributed by atoms with Crippen LogP contribution < -0.4 is 5.32 Å². The smallest absolute Gasteiger partial charge is 0.238 e. The van der Waals surface area contributed by atoms with E-state index in [4.69, 9.17) is 4.99 Å². The zero-order valence-corrected chi connectivity index (χ0v) is 17.8. The van der Waals surface area contributed by atoms with Crippen LogP contribution in [-0.2, 0) is 16.0 Å². The summed E-state index contributed by atoms with van der Waals surface area (Å²) < 4.78 is 0. The van der Waals surface area contributed by atoms with Crippen molar-refractivity contribution in [2.24, 2.45) is 4.99 Å². The highest BCUT2D eigenvalue weighted by Gasteiger charge is 2.35. The number of amidine groups is 1. The Morgan fingerprint density at radius 2 is 1.55 bits per heavy atom. The Bertz CT molecular complexity index is 1060. The summed E-state index contributed by atoms with van der Waals surface area (Å²) in [6.07, 6.45) is 0.869. The van der Waals surface area contributed by atoms with Crippen LogP contribution in [0.5, 0.6) is 0 Å². The molecule has 5 nitrogen and oxygen atoms in total. The topological polar surface area (TPSA) is 61.8 Å². The molecule has 2 amide bonds. The van der Waals surface area contributed by atoms with E-state index in [1.165, 1.54) is 11.8 Å². The molecule has 0 bridgehead atoms. The number of hydrogen-bond acceptors (Lipinski definition) is 4. The lowest BCUT2D eigenvalue weighted by molar-refractivity contribution is -0.129. The molecule has 0 spiro atoms. The number of benzene rings is 3. The van der Waals surface area contributed by atoms with Gasteiger partial charge in [0.05, 0.1) is 5.69 Å². The summed E-state index contributed by atoms with van der Waals surface area (Å²) in [6.45, 7) is 0.522. The second-order valence-electron chi connectivity index (χ2n) is 7.18. The molecular weight excluding hydrogens is 406 g/mol. The fourth-order valence-corrected chi connectivity index (χ4v) is 4.43.